The van der Waals surface area contributed by atoms with Gasteiger partial charge in [0.15, 0.2) is 12.3 Å². The zero-order chi connectivity index (χ0) is 31.1. The fraction of sp³-hybridized carbons (Fsp3) is 0.438. The van der Waals surface area contributed by atoms with Crippen LogP contribution in [-0.4, -0.2) is 79.9 Å². The molecule has 1 atom stereocenters. The van der Waals surface area contributed by atoms with E-state index in [9.17, 15) is 19.5 Å². The summed E-state index contributed by atoms with van der Waals surface area (Å²) in [4.78, 5) is 42.4. The lowest BCUT2D eigenvalue weighted by atomic mass is 9.93. The van der Waals surface area contributed by atoms with Gasteiger partial charge in [0.2, 0.25) is 0 Å². The molecular weight excluding hydrogens is 572 g/mol. The minimum atomic E-state index is -1.15. The molecule has 11 heteroatoms. The van der Waals surface area contributed by atoms with Gasteiger partial charge in [-0.05, 0) is 55.5 Å². The summed E-state index contributed by atoms with van der Waals surface area (Å²) < 4.78 is 6.89. The molecule has 1 aliphatic heterocycles. The molecular formula is C32H39ClN4O6. The summed E-state index contributed by atoms with van der Waals surface area (Å²) in [6.07, 6.45) is 4.07. The second kappa shape index (κ2) is 14.5. The molecule has 2 amide bonds. The van der Waals surface area contributed by atoms with Crippen LogP contribution in [0.3, 0.4) is 0 Å². The Labute approximate surface area is 256 Å². The van der Waals surface area contributed by atoms with E-state index in [0.29, 0.717) is 30.9 Å². The number of rotatable bonds is 13. The number of ether oxygens (including phenoxy) is 1. The molecule has 0 saturated carbocycles. The molecule has 230 valence electrons. The van der Waals surface area contributed by atoms with Gasteiger partial charge in [-0.3, -0.25) is 9.59 Å². The van der Waals surface area contributed by atoms with Gasteiger partial charge in [0.1, 0.15) is 5.75 Å². The lowest BCUT2D eigenvalue weighted by molar-refractivity contribution is -0.139. The number of unbranched alkanes of at least 4 members (excludes halogenated alkanes) is 2. The van der Waals surface area contributed by atoms with E-state index >= 15 is 0 Å². The van der Waals surface area contributed by atoms with Gasteiger partial charge in [0.05, 0.1) is 34.6 Å². The summed E-state index contributed by atoms with van der Waals surface area (Å²) in [5.74, 6) is -1.63. The number of hydrogen-bond donors (Lipinski definition) is 2. The van der Waals surface area contributed by atoms with Crippen molar-refractivity contribution in [3.05, 3.63) is 75.6 Å². The van der Waals surface area contributed by atoms with Crippen LogP contribution in [0.25, 0.3) is 5.69 Å². The molecule has 1 aliphatic rings. The number of carbonyl (C=O) groups excluding carboxylic acids is 2. The lowest BCUT2D eigenvalue weighted by Crippen LogP contribution is -2.46. The quantitative estimate of drug-likeness (QED) is 0.282. The van der Waals surface area contributed by atoms with Crippen molar-refractivity contribution < 1.29 is 29.3 Å². The van der Waals surface area contributed by atoms with Crippen LogP contribution in [0.15, 0.2) is 42.5 Å². The van der Waals surface area contributed by atoms with Crippen LogP contribution in [0, 0.1) is 6.92 Å². The molecule has 2 heterocycles. The van der Waals surface area contributed by atoms with Crippen LogP contribution in [0.4, 0.5) is 0 Å². The SMILES string of the molecule is CCCCN(CCCC)C(=O)c1nn(-c2ccc(OCC(=O)O)cc2C(=O)N2Cc3ccccc3C[C@H]2CO)c(C)c1Cl. The first-order valence-corrected chi connectivity index (χ1v) is 15.1. The van der Waals surface area contributed by atoms with E-state index < -0.39 is 24.5 Å². The van der Waals surface area contributed by atoms with Gasteiger partial charge in [0.25, 0.3) is 11.8 Å². The predicted molar refractivity (Wildman–Crippen MR) is 163 cm³/mol. The van der Waals surface area contributed by atoms with Gasteiger partial charge in [-0.1, -0.05) is 62.6 Å². The molecule has 4 rings (SSSR count). The minimum Gasteiger partial charge on any atom is -0.482 e. The number of aliphatic hydroxyl groups excluding tert-OH is 1. The summed E-state index contributed by atoms with van der Waals surface area (Å²) in [5.41, 5.74) is 3.16. The molecule has 0 bridgehead atoms. The number of carboxylic acid groups (broad SMARTS) is 1. The van der Waals surface area contributed by atoms with Gasteiger partial charge >= 0.3 is 5.97 Å². The number of halogens is 1. The first-order chi connectivity index (χ1) is 20.7. The first kappa shape index (κ1) is 32.0. The number of benzene rings is 2. The van der Waals surface area contributed by atoms with E-state index in [1.165, 1.54) is 10.7 Å². The van der Waals surface area contributed by atoms with E-state index in [2.05, 4.69) is 18.9 Å². The summed E-state index contributed by atoms with van der Waals surface area (Å²) in [7, 11) is 0. The lowest BCUT2D eigenvalue weighted by Gasteiger charge is -2.36. The summed E-state index contributed by atoms with van der Waals surface area (Å²) in [6, 6.07) is 11.9. The Hall–Kier alpha value is -3.89. The highest BCUT2D eigenvalue weighted by atomic mass is 35.5. The Morgan fingerprint density at radius 3 is 2.37 bits per heavy atom. The average molecular weight is 611 g/mol. The number of hydrogen-bond acceptors (Lipinski definition) is 6. The second-order valence-corrected chi connectivity index (χ2v) is 11.1. The summed E-state index contributed by atoms with van der Waals surface area (Å²) >= 11 is 6.72. The molecule has 0 aliphatic carbocycles. The van der Waals surface area contributed by atoms with Crippen molar-refractivity contribution in [3.8, 4) is 11.4 Å². The maximum absolute atomic E-state index is 14.2. The number of carboxylic acids is 1. The Morgan fingerprint density at radius 2 is 1.74 bits per heavy atom. The fourth-order valence-electron chi connectivity index (χ4n) is 5.27. The maximum atomic E-state index is 14.2. The number of aliphatic hydroxyl groups is 1. The molecule has 3 aromatic rings. The van der Waals surface area contributed by atoms with Crippen LogP contribution in [0.2, 0.25) is 5.02 Å². The highest BCUT2D eigenvalue weighted by Gasteiger charge is 2.33. The third-order valence-electron chi connectivity index (χ3n) is 7.71. The van der Waals surface area contributed by atoms with Gasteiger partial charge < -0.3 is 24.7 Å². The smallest absolute Gasteiger partial charge is 0.341 e. The Balaban J connectivity index is 1.77. The number of fused-ring (bicyclic) bond motifs is 1. The molecule has 0 fully saturated rings. The summed E-state index contributed by atoms with van der Waals surface area (Å²) in [6.45, 7) is 6.52. The van der Waals surface area contributed by atoms with Crippen molar-refractivity contribution in [1.29, 1.82) is 0 Å². The molecule has 0 spiro atoms. The largest absolute Gasteiger partial charge is 0.482 e. The highest BCUT2D eigenvalue weighted by Crippen LogP contribution is 2.31. The molecule has 0 saturated heterocycles. The minimum absolute atomic E-state index is 0.108. The van der Waals surface area contributed by atoms with Crippen molar-refractivity contribution in [1.82, 2.24) is 19.6 Å². The number of aromatic nitrogens is 2. The van der Waals surface area contributed by atoms with E-state index in [0.717, 1.165) is 36.8 Å². The van der Waals surface area contributed by atoms with Crippen molar-refractivity contribution in [3.63, 3.8) is 0 Å². The van der Waals surface area contributed by atoms with Crippen LogP contribution in [-0.2, 0) is 17.8 Å². The zero-order valence-corrected chi connectivity index (χ0v) is 25.6. The maximum Gasteiger partial charge on any atom is 0.341 e. The Kier molecular flexibility index (Phi) is 10.8. The van der Waals surface area contributed by atoms with Crippen LogP contribution < -0.4 is 4.74 Å². The molecule has 0 unspecified atom stereocenters. The third-order valence-corrected chi connectivity index (χ3v) is 8.16. The van der Waals surface area contributed by atoms with E-state index in [1.807, 2.05) is 24.3 Å². The van der Waals surface area contributed by atoms with E-state index in [4.69, 9.17) is 21.4 Å². The third kappa shape index (κ3) is 7.19. The normalized spacial score (nSPS) is 14.3. The number of aliphatic carboxylic acids is 1. The van der Waals surface area contributed by atoms with Gasteiger partial charge in [-0.15, -0.1) is 0 Å². The molecule has 2 N–H and O–H groups in total. The monoisotopic (exact) mass is 610 g/mol. The molecule has 43 heavy (non-hydrogen) atoms. The van der Waals surface area contributed by atoms with Crippen molar-refractivity contribution >= 4 is 29.4 Å². The fourth-order valence-corrected chi connectivity index (χ4v) is 5.46. The Morgan fingerprint density at radius 1 is 1.07 bits per heavy atom. The first-order valence-electron chi connectivity index (χ1n) is 14.7. The van der Waals surface area contributed by atoms with Gasteiger partial charge in [-0.2, -0.15) is 5.10 Å². The van der Waals surface area contributed by atoms with Crippen molar-refractivity contribution in [2.45, 2.75) is 65.5 Å². The van der Waals surface area contributed by atoms with Crippen LogP contribution >= 0.6 is 11.6 Å². The molecule has 10 nitrogen and oxygen atoms in total. The Bertz CT molecular complexity index is 1460. The summed E-state index contributed by atoms with van der Waals surface area (Å²) in [5, 5.41) is 24.2. The number of nitrogens with zero attached hydrogens (tertiary/aromatic N) is 4. The van der Waals surface area contributed by atoms with Crippen LogP contribution in [0.1, 0.15) is 77.2 Å². The van der Waals surface area contributed by atoms with Crippen molar-refractivity contribution in [2.24, 2.45) is 0 Å². The number of amides is 2. The van der Waals surface area contributed by atoms with Gasteiger partial charge in [0, 0.05) is 19.6 Å². The zero-order valence-electron chi connectivity index (χ0n) is 24.9. The molecule has 1 aromatic heterocycles. The van der Waals surface area contributed by atoms with E-state index in [-0.39, 0.29) is 41.1 Å². The van der Waals surface area contributed by atoms with Gasteiger partial charge in [-0.25, -0.2) is 9.48 Å². The standard InChI is InChI=1S/C32H39ClN4O6/c1-4-6-14-35(15-7-5-2)32(42)30-29(33)21(3)37(34-30)27-13-12-25(43-20-28(39)40)17-26(27)31(41)36-18-23-11-9-8-10-22(23)16-24(36)19-38/h8-13,17,24,38H,4-7,14-16,18-20H2,1-3H3,(H,39,40)/t24-/m0/s1. The molecule has 2 aromatic carbocycles. The molecule has 0 radical (unpaired) electrons. The number of carbonyl (C=O) groups is 3. The van der Waals surface area contributed by atoms with E-state index in [1.54, 1.807) is 28.9 Å². The van der Waals surface area contributed by atoms with Crippen LogP contribution in [0.5, 0.6) is 5.75 Å². The second-order valence-electron chi connectivity index (χ2n) is 10.8. The van der Waals surface area contributed by atoms with Crippen molar-refractivity contribution in [2.75, 3.05) is 26.3 Å². The average Bonchev–Trinajstić information content (AvgIpc) is 3.31. The topological polar surface area (TPSA) is 125 Å². The predicted octanol–water partition coefficient (Wildman–Crippen LogP) is 4.90. The highest BCUT2D eigenvalue weighted by molar-refractivity contribution is 6.34.